The van der Waals surface area contributed by atoms with Gasteiger partial charge in [-0.15, -0.1) is 0 Å². The van der Waals surface area contributed by atoms with E-state index in [4.69, 9.17) is 9.47 Å². The fourth-order valence-corrected chi connectivity index (χ4v) is 3.65. The monoisotopic (exact) mass is 438 g/mol. The Hall–Kier alpha value is -3.43. The van der Waals surface area contributed by atoms with Crippen LogP contribution in [0.5, 0.6) is 5.75 Å². The molecule has 9 nitrogen and oxygen atoms in total. The maximum absolute atomic E-state index is 12.5. The van der Waals surface area contributed by atoms with E-state index in [1.807, 2.05) is 6.07 Å². The molecule has 0 aromatic heterocycles. The Kier molecular flexibility index (Phi) is 6.98. The molecular weight excluding hydrogens is 412 g/mol. The molecule has 2 heterocycles. The van der Waals surface area contributed by atoms with E-state index in [1.54, 1.807) is 47.4 Å². The van der Waals surface area contributed by atoms with Crippen molar-refractivity contribution < 1.29 is 23.9 Å². The number of carbonyl (C=O) groups excluding carboxylic acids is 3. The number of carbonyl (C=O) groups is 3. The summed E-state index contributed by atoms with van der Waals surface area (Å²) in [5, 5.41) is 5.36. The van der Waals surface area contributed by atoms with Gasteiger partial charge in [0, 0.05) is 37.4 Å². The molecule has 3 amide bonds. The summed E-state index contributed by atoms with van der Waals surface area (Å²) >= 11 is 0. The Balaban J connectivity index is 1.37. The van der Waals surface area contributed by atoms with Crippen molar-refractivity contribution in [3.05, 3.63) is 54.1 Å². The van der Waals surface area contributed by atoms with Gasteiger partial charge >= 0.3 is 0 Å². The molecule has 2 aliphatic heterocycles. The van der Waals surface area contributed by atoms with Crippen LogP contribution >= 0.6 is 0 Å². The second kappa shape index (κ2) is 10.3. The molecule has 0 spiro atoms. The van der Waals surface area contributed by atoms with Crippen molar-refractivity contribution in [3.8, 4) is 5.75 Å². The van der Waals surface area contributed by atoms with E-state index in [2.05, 4.69) is 15.5 Å². The van der Waals surface area contributed by atoms with Crippen LogP contribution in [-0.4, -0.2) is 75.2 Å². The predicted octanol–water partition coefficient (Wildman–Crippen LogP) is 1.11. The average molecular weight is 438 g/mol. The summed E-state index contributed by atoms with van der Waals surface area (Å²) in [4.78, 5) is 40.9. The van der Waals surface area contributed by atoms with Crippen molar-refractivity contribution in [2.24, 2.45) is 0 Å². The third-order valence-electron chi connectivity index (χ3n) is 5.37. The van der Waals surface area contributed by atoms with Crippen LogP contribution in [0.2, 0.25) is 0 Å². The molecular formula is C23H26N4O5. The van der Waals surface area contributed by atoms with Crippen LogP contribution in [0.3, 0.4) is 0 Å². The van der Waals surface area contributed by atoms with Crippen LogP contribution in [0.15, 0.2) is 48.5 Å². The highest BCUT2D eigenvalue weighted by Crippen LogP contribution is 2.34. The van der Waals surface area contributed by atoms with Gasteiger partial charge in [0.2, 0.25) is 5.91 Å². The molecule has 4 rings (SSSR count). The number of ether oxygens (including phenoxy) is 2. The molecule has 0 unspecified atom stereocenters. The number of morpholine rings is 1. The molecule has 1 saturated heterocycles. The van der Waals surface area contributed by atoms with Gasteiger partial charge in [0.25, 0.3) is 11.8 Å². The molecule has 0 bridgehead atoms. The molecule has 9 heteroatoms. The number of nitrogens with zero attached hydrogens (tertiary/aromatic N) is 2. The molecule has 0 aliphatic carbocycles. The molecule has 2 aromatic carbocycles. The van der Waals surface area contributed by atoms with Crippen molar-refractivity contribution in [2.75, 3.05) is 62.8 Å². The van der Waals surface area contributed by atoms with Crippen LogP contribution in [0.25, 0.3) is 0 Å². The summed E-state index contributed by atoms with van der Waals surface area (Å²) in [7, 11) is 0. The molecule has 1 fully saturated rings. The number of benzene rings is 2. The van der Waals surface area contributed by atoms with Gasteiger partial charge in [0.05, 0.1) is 25.4 Å². The summed E-state index contributed by atoms with van der Waals surface area (Å²) in [5.74, 6) is -0.206. The lowest BCUT2D eigenvalue weighted by atomic mass is 10.2. The third kappa shape index (κ3) is 5.43. The van der Waals surface area contributed by atoms with E-state index in [9.17, 15) is 14.4 Å². The van der Waals surface area contributed by atoms with E-state index in [1.165, 1.54) is 0 Å². The smallest absolute Gasteiger partial charge is 0.265 e. The number of anilines is 2. The highest BCUT2D eigenvalue weighted by molar-refractivity contribution is 6.01. The van der Waals surface area contributed by atoms with Crippen LogP contribution in [-0.2, 0) is 14.3 Å². The molecule has 0 radical (unpaired) electrons. The van der Waals surface area contributed by atoms with Crippen molar-refractivity contribution in [2.45, 2.75) is 0 Å². The SMILES string of the molecule is O=C(CNC(=O)c1ccccc1)Nc1ccc2c(c1)N(CCN1CCOCC1)C(=O)CO2. The first-order valence-electron chi connectivity index (χ1n) is 10.6. The fraction of sp³-hybridized carbons (Fsp3) is 0.348. The molecule has 2 aliphatic rings. The van der Waals surface area contributed by atoms with Crippen molar-refractivity contribution in [1.29, 1.82) is 0 Å². The lowest BCUT2D eigenvalue weighted by Gasteiger charge is -2.33. The van der Waals surface area contributed by atoms with Gasteiger partial charge in [-0.3, -0.25) is 19.3 Å². The largest absolute Gasteiger partial charge is 0.482 e. The van der Waals surface area contributed by atoms with E-state index in [-0.39, 0.29) is 30.9 Å². The van der Waals surface area contributed by atoms with Gasteiger partial charge in [0.1, 0.15) is 5.75 Å². The average Bonchev–Trinajstić information content (AvgIpc) is 2.83. The van der Waals surface area contributed by atoms with Gasteiger partial charge in [-0.1, -0.05) is 18.2 Å². The Morgan fingerprint density at radius 2 is 1.78 bits per heavy atom. The lowest BCUT2D eigenvalue weighted by Crippen LogP contribution is -2.46. The predicted molar refractivity (Wildman–Crippen MR) is 119 cm³/mol. The molecule has 32 heavy (non-hydrogen) atoms. The topological polar surface area (TPSA) is 100 Å². The fourth-order valence-electron chi connectivity index (χ4n) is 3.65. The maximum Gasteiger partial charge on any atom is 0.265 e. The van der Waals surface area contributed by atoms with Crippen molar-refractivity contribution in [3.63, 3.8) is 0 Å². The van der Waals surface area contributed by atoms with E-state index in [0.717, 1.165) is 19.6 Å². The molecule has 0 atom stereocenters. The quantitative estimate of drug-likeness (QED) is 0.672. The molecule has 2 N–H and O–H groups in total. The van der Waals surface area contributed by atoms with Crippen LogP contribution in [0.4, 0.5) is 11.4 Å². The third-order valence-corrected chi connectivity index (χ3v) is 5.37. The summed E-state index contributed by atoms with van der Waals surface area (Å²) in [6.45, 7) is 4.17. The second-order valence-electron chi connectivity index (χ2n) is 7.57. The Bertz CT molecular complexity index is 976. The number of fused-ring (bicyclic) bond motifs is 1. The lowest BCUT2D eigenvalue weighted by molar-refractivity contribution is -0.121. The number of rotatable bonds is 7. The minimum absolute atomic E-state index is 0.00661. The Morgan fingerprint density at radius 3 is 2.56 bits per heavy atom. The first-order valence-corrected chi connectivity index (χ1v) is 10.6. The number of nitrogens with one attached hydrogen (secondary N) is 2. The van der Waals surface area contributed by atoms with Gasteiger partial charge < -0.3 is 25.0 Å². The van der Waals surface area contributed by atoms with Gasteiger partial charge in [-0.05, 0) is 30.3 Å². The summed E-state index contributed by atoms with van der Waals surface area (Å²) in [6.07, 6.45) is 0. The zero-order valence-corrected chi connectivity index (χ0v) is 17.7. The molecule has 2 aromatic rings. The normalized spacial score (nSPS) is 16.1. The summed E-state index contributed by atoms with van der Waals surface area (Å²) in [5.41, 5.74) is 1.64. The zero-order valence-electron chi connectivity index (χ0n) is 17.7. The first kappa shape index (κ1) is 21.8. The second-order valence-corrected chi connectivity index (χ2v) is 7.57. The van der Waals surface area contributed by atoms with E-state index < -0.39 is 0 Å². The standard InChI is InChI=1S/C23H26N4O5/c28-21(15-24-23(30)17-4-2-1-3-5-17)25-18-6-7-20-19(14-18)27(22(29)16-32-20)9-8-26-10-12-31-13-11-26/h1-7,14H,8-13,15-16H2,(H,24,30)(H,25,28). The van der Waals surface area contributed by atoms with Crippen LogP contribution < -0.4 is 20.3 Å². The van der Waals surface area contributed by atoms with Gasteiger partial charge in [-0.25, -0.2) is 0 Å². The molecule has 168 valence electrons. The van der Waals surface area contributed by atoms with Crippen molar-refractivity contribution >= 4 is 29.1 Å². The zero-order chi connectivity index (χ0) is 22.3. The van der Waals surface area contributed by atoms with E-state index in [0.29, 0.717) is 42.4 Å². The maximum atomic E-state index is 12.5. The number of hydrogen-bond acceptors (Lipinski definition) is 6. The highest BCUT2D eigenvalue weighted by Gasteiger charge is 2.26. The summed E-state index contributed by atoms with van der Waals surface area (Å²) < 4.78 is 10.9. The Labute approximate surface area is 186 Å². The minimum atomic E-state index is -0.364. The van der Waals surface area contributed by atoms with Crippen LogP contribution in [0.1, 0.15) is 10.4 Å². The van der Waals surface area contributed by atoms with Crippen molar-refractivity contribution in [1.82, 2.24) is 10.2 Å². The van der Waals surface area contributed by atoms with Crippen LogP contribution in [0, 0.1) is 0 Å². The number of amides is 3. The highest BCUT2D eigenvalue weighted by atomic mass is 16.5. The van der Waals surface area contributed by atoms with Gasteiger partial charge in [0.15, 0.2) is 6.61 Å². The Morgan fingerprint density at radius 1 is 1.00 bits per heavy atom. The van der Waals surface area contributed by atoms with Gasteiger partial charge in [-0.2, -0.15) is 0 Å². The van der Waals surface area contributed by atoms with E-state index >= 15 is 0 Å². The summed E-state index contributed by atoms with van der Waals surface area (Å²) in [6, 6.07) is 13.9. The molecule has 0 saturated carbocycles. The minimum Gasteiger partial charge on any atom is -0.482 e. The number of hydrogen-bond donors (Lipinski definition) is 2. The first-order chi connectivity index (χ1) is 15.6.